The topological polar surface area (TPSA) is 93.8 Å². The molecule has 31 heavy (non-hydrogen) atoms. The predicted octanol–water partition coefficient (Wildman–Crippen LogP) is 2.59. The van der Waals surface area contributed by atoms with E-state index in [1.807, 2.05) is 29.3 Å². The molecule has 1 unspecified atom stereocenters. The maximum absolute atomic E-state index is 12.8. The van der Waals surface area contributed by atoms with Gasteiger partial charge in [0.1, 0.15) is 18.5 Å². The van der Waals surface area contributed by atoms with Crippen LogP contribution >= 0.6 is 0 Å². The molecule has 1 aliphatic rings. The molecule has 0 bridgehead atoms. The van der Waals surface area contributed by atoms with Gasteiger partial charge in [-0.15, -0.1) is 0 Å². The van der Waals surface area contributed by atoms with Gasteiger partial charge in [0.25, 0.3) is 0 Å². The molecular formula is C23H25N3O5. The lowest BCUT2D eigenvalue weighted by Gasteiger charge is -2.33. The second-order valence-electron chi connectivity index (χ2n) is 7.40. The second kappa shape index (κ2) is 9.61. The van der Waals surface area contributed by atoms with Gasteiger partial charge in [-0.1, -0.05) is 18.2 Å². The van der Waals surface area contributed by atoms with Crippen LogP contribution in [0.2, 0.25) is 0 Å². The number of aromatic amines is 1. The number of aromatic nitrogens is 2. The normalized spacial score (nSPS) is 16.3. The van der Waals surface area contributed by atoms with Crippen LogP contribution in [0.3, 0.4) is 0 Å². The second-order valence-corrected chi connectivity index (χ2v) is 7.40. The summed E-state index contributed by atoms with van der Waals surface area (Å²) in [5, 5.41) is 1.16. The fourth-order valence-electron chi connectivity index (χ4n) is 3.70. The molecule has 3 aromatic rings. The fraction of sp³-hybridized carbons (Fsp3) is 0.348. The number of carbonyl (C=O) groups is 2. The van der Waals surface area contributed by atoms with Crippen molar-refractivity contribution in [1.82, 2.24) is 14.9 Å². The van der Waals surface area contributed by atoms with Crippen molar-refractivity contribution in [2.24, 2.45) is 0 Å². The first-order valence-corrected chi connectivity index (χ1v) is 10.2. The van der Waals surface area contributed by atoms with Crippen molar-refractivity contribution in [1.29, 1.82) is 0 Å². The molecule has 8 heteroatoms. The Hall–Kier alpha value is -3.39. The summed E-state index contributed by atoms with van der Waals surface area (Å²) in [4.78, 5) is 33.5. The summed E-state index contributed by atoms with van der Waals surface area (Å²) in [5.74, 6) is 0.0843. The van der Waals surface area contributed by atoms with E-state index in [0.29, 0.717) is 43.9 Å². The van der Waals surface area contributed by atoms with Crippen molar-refractivity contribution in [2.75, 3.05) is 33.4 Å². The van der Waals surface area contributed by atoms with Crippen LogP contribution in [0.5, 0.6) is 5.75 Å². The molecule has 0 radical (unpaired) electrons. The third kappa shape index (κ3) is 5.03. The van der Waals surface area contributed by atoms with Gasteiger partial charge >= 0.3 is 5.97 Å². The highest BCUT2D eigenvalue weighted by Gasteiger charge is 2.25. The molecule has 1 N–H and O–H groups in total. The molecule has 1 fully saturated rings. The maximum atomic E-state index is 12.8. The van der Waals surface area contributed by atoms with E-state index in [0.717, 1.165) is 16.5 Å². The first-order valence-electron chi connectivity index (χ1n) is 10.2. The van der Waals surface area contributed by atoms with Gasteiger partial charge in [0.15, 0.2) is 0 Å². The number of benzene rings is 1. The number of methoxy groups -OCH3 is 1. The van der Waals surface area contributed by atoms with Crippen molar-refractivity contribution in [3.05, 3.63) is 60.0 Å². The Kier molecular flexibility index (Phi) is 6.47. The van der Waals surface area contributed by atoms with Crippen molar-refractivity contribution in [3.8, 4) is 5.75 Å². The number of esters is 1. The predicted molar refractivity (Wildman–Crippen MR) is 114 cm³/mol. The SMILES string of the molecule is COC(=O)c1cncc(OCC2CN(C(=O)CCc3c[nH]c4ccccc34)CCO2)c1. The monoisotopic (exact) mass is 423 g/mol. The van der Waals surface area contributed by atoms with E-state index in [2.05, 4.69) is 16.0 Å². The molecule has 2 aromatic heterocycles. The summed E-state index contributed by atoms with van der Waals surface area (Å²) < 4.78 is 16.2. The first kappa shape index (κ1) is 20.9. The third-order valence-electron chi connectivity index (χ3n) is 5.34. The van der Waals surface area contributed by atoms with Gasteiger partial charge in [0, 0.05) is 36.3 Å². The van der Waals surface area contributed by atoms with Crippen LogP contribution in [0.25, 0.3) is 10.9 Å². The number of ether oxygens (including phenoxy) is 3. The van der Waals surface area contributed by atoms with E-state index in [1.165, 1.54) is 19.5 Å². The summed E-state index contributed by atoms with van der Waals surface area (Å²) in [7, 11) is 1.32. The standard InChI is InChI=1S/C23H25N3O5/c1-29-23(28)17-10-18(13-24-11-17)31-15-19-14-26(8-9-30-19)22(27)7-6-16-12-25-21-5-3-2-4-20(16)21/h2-5,10-13,19,25H,6-9,14-15H2,1H3. The van der Waals surface area contributed by atoms with Gasteiger partial charge in [0.2, 0.25) is 5.91 Å². The van der Waals surface area contributed by atoms with Crippen LogP contribution in [0.15, 0.2) is 48.9 Å². The van der Waals surface area contributed by atoms with Crippen LogP contribution in [-0.2, 0) is 20.7 Å². The molecule has 3 heterocycles. The summed E-state index contributed by atoms with van der Waals surface area (Å²) >= 11 is 0. The minimum absolute atomic E-state index is 0.105. The zero-order valence-corrected chi connectivity index (χ0v) is 17.4. The number of rotatable bonds is 7. The van der Waals surface area contributed by atoms with E-state index < -0.39 is 5.97 Å². The molecule has 1 atom stereocenters. The fourth-order valence-corrected chi connectivity index (χ4v) is 3.70. The number of carbonyl (C=O) groups excluding carboxylic acids is 2. The Balaban J connectivity index is 1.29. The quantitative estimate of drug-likeness (QED) is 0.587. The summed E-state index contributed by atoms with van der Waals surface area (Å²) in [6.07, 6.45) is 5.81. The Bertz CT molecular complexity index is 1060. The molecule has 1 amide bonds. The van der Waals surface area contributed by atoms with Crippen molar-refractivity contribution < 1.29 is 23.8 Å². The molecule has 1 aromatic carbocycles. The van der Waals surface area contributed by atoms with Gasteiger partial charge < -0.3 is 24.1 Å². The number of amides is 1. The minimum atomic E-state index is -0.473. The Morgan fingerprint density at radius 2 is 2.16 bits per heavy atom. The lowest BCUT2D eigenvalue weighted by atomic mass is 10.1. The maximum Gasteiger partial charge on any atom is 0.339 e. The number of morpholine rings is 1. The number of hydrogen-bond acceptors (Lipinski definition) is 6. The third-order valence-corrected chi connectivity index (χ3v) is 5.34. The molecule has 162 valence electrons. The van der Waals surface area contributed by atoms with E-state index >= 15 is 0 Å². The largest absolute Gasteiger partial charge is 0.489 e. The number of H-pyrrole nitrogens is 1. The molecule has 8 nitrogen and oxygen atoms in total. The smallest absolute Gasteiger partial charge is 0.339 e. The number of fused-ring (bicyclic) bond motifs is 1. The van der Waals surface area contributed by atoms with Crippen molar-refractivity contribution in [2.45, 2.75) is 18.9 Å². The number of nitrogens with zero attached hydrogens (tertiary/aromatic N) is 2. The molecular weight excluding hydrogens is 398 g/mol. The number of nitrogens with one attached hydrogen (secondary N) is 1. The van der Waals surface area contributed by atoms with E-state index in [9.17, 15) is 9.59 Å². The van der Waals surface area contributed by atoms with E-state index in [-0.39, 0.29) is 18.6 Å². The van der Waals surface area contributed by atoms with Crippen LogP contribution < -0.4 is 4.74 Å². The Labute approximate surface area is 180 Å². The highest BCUT2D eigenvalue weighted by Crippen LogP contribution is 2.20. The average molecular weight is 423 g/mol. The average Bonchev–Trinajstić information content (AvgIpc) is 3.24. The molecule has 0 spiro atoms. The Morgan fingerprint density at radius 3 is 3.03 bits per heavy atom. The minimum Gasteiger partial charge on any atom is -0.489 e. The van der Waals surface area contributed by atoms with Gasteiger partial charge in [-0.25, -0.2) is 4.79 Å². The molecule has 1 aliphatic heterocycles. The lowest BCUT2D eigenvalue weighted by molar-refractivity contribution is -0.139. The van der Waals surface area contributed by atoms with Gasteiger partial charge in [0.05, 0.1) is 32.0 Å². The van der Waals surface area contributed by atoms with Crippen LogP contribution in [-0.4, -0.2) is 66.3 Å². The highest BCUT2D eigenvalue weighted by molar-refractivity contribution is 5.89. The van der Waals surface area contributed by atoms with Crippen molar-refractivity contribution in [3.63, 3.8) is 0 Å². The van der Waals surface area contributed by atoms with E-state index in [1.54, 1.807) is 6.07 Å². The van der Waals surface area contributed by atoms with Gasteiger partial charge in [-0.2, -0.15) is 0 Å². The number of para-hydroxylation sites is 1. The van der Waals surface area contributed by atoms with Crippen molar-refractivity contribution >= 4 is 22.8 Å². The summed E-state index contributed by atoms with van der Waals surface area (Å²) in [6.45, 7) is 1.77. The number of pyridine rings is 1. The summed E-state index contributed by atoms with van der Waals surface area (Å²) in [5.41, 5.74) is 2.55. The van der Waals surface area contributed by atoms with Crippen LogP contribution in [0, 0.1) is 0 Å². The molecule has 0 aliphatic carbocycles. The summed E-state index contributed by atoms with van der Waals surface area (Å²) in [6, 6.07) is 9.67. The van der Waals surface area contributed by atoms with Crippen LogP contribution in [0.1, 0.15) is 22.3 Å². The first-order chi connectivity index (χ1) is 15.1. The lowest BCUT2D eigenvalue weighted by Crippen LogP contribution is -2.47. The van der Waals surface area contributed by atoms with Crippen LogP contribution in [0.4, 0.5) is 0 Å². The van der Waals surface area contributed by atoms with Gasteiger partial charge in [-0.05, 0) is 24.1 Å². The van der Waals surface area contributed by atoms with Gasteiger partial charge in [-0.3, -0.25) is 9.78 Å². The Morgan fingerprint density at radius 1 is 1.29 bits per heavy atom. The zero-order chi connectivity index (χ0) is 21.6. The highest BCUT2D eigenvalue weighted by atomic mass is 16.5. The molecule has 0 saturated carbocycles. The number of hydrogen-bond donors (Lipinski definition) is 1. The molecule has 1 saturated heterocycles. The molecule has 4 rings (SSSR count). The number of aryl methyl sites for hydroxylation is 1. The zero-order valence-electron chi connectivity index (χ0n) is 17.4. The van der Waals surface area contributed by atoms with E-state index in [4.69, 9.17) is 14.2 Å².